The predicted octanol–water partition coefficient (Wildman–Crippen LogP) is 2.45. The summed E-state index contributed by atoms with van der Waals surface area (Å²) < 4.78 is 5.25. The minimum absolute atomic E-state index is 0.0767. The van der Waals surface area contributed by atoms with Crippen molar-refractivity contribution in [3.63, 3.8) is 0 Å². The van der Waals surface area contributed by atoms with E-state index in [1.54, 1.807) is 54.5 Å². The minimum atomic E-state index is -0.900. The fourth-order valence-electron chi connectivity index (χ4n) is 2.93. The van der Waals surface area contributed by atoms with E-state index >= 15 is 0 Å². The Kier molecular flexibility index (Phi) is 5.06. The van der Waals surface area contributed by atoms with E-state index in [1.165, 1.54) is 0 Å². The van der Waals surface area contributed by atoms with Crippen LogP contribution in [-0.4, -0.2) is 34.3 Å². The molecule has 2 aromatic rings. The quantitative estimate of drug-likeness (QED) is 0.828. The van der Waals surface area contributed by atoms with Crippen molar-refractivity contribution in [2.24, 2.45) is 5.92 Å². The fraction of sp³-hybridized carbons (Fsp3) is 0.316. The normalized spacial score (nSPS) is 18.0. The summed E-state index contributed by atoms with van der Waals surface area (Å²) in [7, 11) is 0. The van der Waals surface area contributed by atoms with Gasteiger partial charge in [0.2, 0.25) is 11.8 Å². The van der Waals surface area contributed by atoms with E-state index < -0.39 is 17.8 Å². The molecule has 0 saturated carbocycles. The molecule has 1 aromatic heterocycles. The van der Waals surface area contributed by atoms with E-state index in [0.717, 1.165) is 0 Å². The topological polar surface area (TPSA) is 99.8 Å². The number of carbonyl (C=O) groups excluding carboxylic acids is 2. The van der Waals surface area contributed by atoms with Gasteiger partial charge in [0, 0.05) is 18.7 Å². The van der Waals surface area contributed by atoms with Gasteiger partial charge in [-0.25, -0.2) is 0 Å². The van der Waals surface area contributed by atoms with E-state index in [2.05, 4.69) is 5.32 Å². The Labute approximate surface area is 150 Å². The molecule has 2 N–H and O–H groups in total. The molecule has 2 atom stereocenters. The Morgan fingerprint density at radius 3 is 2.65 bits per heavy atom. The number of nitrogens with zero attached hydrogens (tertiary/aromatic N) is 1. The molecule has 2 heterocycles. The van der Waals surface area contributed by atoms with E-state index in [4.69, 9.17) is 9.52 Å². The molecule has 7 nitrogen and oxygen atoms in total. The van der Waals surface area contributed by atoms with Gasteiger partial charge in [0.05, 0.1) is 24.6 Å². The van der Waals surface area contributed by atoms with Gasteiger partial charge < -0.3 is 19.7 Å². The lowest BCUT2D eigenvalue weighted by Gasteiger charge is -2.15. The highest BCUT2D eigenvalue weighted by atomic mass is 16.4. The lowest BCUT2D eigenvalue weighted by atomic mass is 10.0. The monoisotopic (exact) mass is 356 g/mol. The largest absolute Gasteiger partial charge is 0.481 e. The van der Waals surface area contributed by atoms with Crippen LogP contribution in [0.5, 0.6) is 0 Å². The van der Waals surface area contributed by atoms with E-state index in [9.17, 15) is 14.4 Å². The first-order valence-electron chi connectivity index (χ1n) is 8.38. The number of hydrogen-bond acceptors (Lipinski definition) is 4. The van der Waals surface area contributed by atoms with Gasteiger partial charge in [-0.2, -0.15) is 0 Å². The van der Waals surface area contributed by atoms with Gasteiger partial charge in [0.15, 0.2) is 0 Å². The van der Waals surface area contributed by atoms with Crippen molar-refractivity contribution in [2.75, 3.05) is 11.9 Å². The Morgan fingerprint density at radius 2 is 2.04 bits per heavy atom. The van der Waals surface area contributed by atoms with Crippen LogP contribution >= 0.6 is 0 Å². The van der Waals surface area contributed by atoms with Gasteiger partial charge in [-0.1, -0.05) is 12.1 Å². The van der Waals surface area contributed by atoms with E-state index in [1.807, 2.05) is 0 Å². The Balaban J connectivity index is 1.58. The van der Waals surface area contributed by atoms with Crippen LogP contribution in [-0.2, 0) is 20.9 Å². The molecule has 3 rings (SSSR count). The summed E-state index contributed by atoms with van der Waals surface area (Å²) in [5.74, 6) is -1.55. The number of amides is 2. The molecule has 0 aliphatic carbocycles. The molecule has 26 heavy (non-hydrogen) atoms. The summed E-state index contributed by atoms with van der Waals surface area (Å²) in [6, 6.07) is 10.2. The zero-order valence-electron chi connectivity index (χ0n) is 14.3. The number of nitrogens with one attached hydrogen (secondary N) is 1. The van der Waals surface area contributed by atoms with Crippen LogP contribution in [0.1, 0.15) is 30.6 Å². The van der Waals surface area contributed by atoms with Crippen LogP contribution in [0.25, 0.3) is 0 Å². The summed E-state index contributed by atoms with van der Waals surface area (Å²) in [5.41, 5.74) is 1.24. The predicted molar refractivity (Wildman–Crippen MR) is 93.4 cm³/mol. The molecule has 0 spiro atoms. The van der Waals surface area contributed by atoms with Crippen molar-refractivity contribution < 1.29 is 23.9 Å². The van der Waals surface area contributed by atoms with Crippen LogP contribution in [0, 0.1) is 5.92 Å². The number of aliphatic carboxylic acids is 1. The number of carbonyl (C=O) groups is 3. The standard InChI is InChI=1S/C19H20N2O5/c1-12(19(24)25)13-4-6-15(7-5-13)20-18(23)14-9-17(22)21(10-14)11-16-3-2-8-26-16/h2-8,12,14H,9-11H2,1H3,(H,20,23)(H,24,25). The number of benzene rings is 1. The third-order valence-electron chi connectivity index (χ3n) is 4.56. The van der Waals surface area contributed by atoms with Crippen molar-refractivity contribution in [2.45, 2.75) is 25.8 Å². The molecule has 7 heteroatoms. The molecule has 1 fully saturated rings. The smallest absolute Gasteiger partial charge is 0.310 e. The highest BCUT2D eigenvalue weighted by molar-refractivity contribution is 5.97. The molecule has 2 unspecified atom stereocenters. The van der Waals surface area contributed by atoms with Crippen molar-refractivity contribution >= 4 is 23.5 Å². The van der Waals surface area contributed by atoms with Gasteiger partial charge in [-0.15, -0.1) is 0 Å². The Morgan fingerprint density at radius 1 is 1.31 bits per heavy atom. The van der Waals surface area contributed by atoms with Crippen molar-refractivity contribution in [1.29, 1.82) is 0 Å². The number of hydrogen-bond donors (Lipinski definition) is 2. The lowest BCUT2D eigenvalue weighted by Crippen LogP contribution is -2.27. The van der Waals surface area contributed by atoms with Crippen LogP contribution in [0.3, 0.4) is 0 Å². The number of furan rings is 1. The number of carboxylic acid groups (broad SMARTS) is 1. The van der Waals surface area contributed by atoms with Crippen LogP contribution in [0.2, 0.25) is 0 Å². The average molecular weight is 356 g/mol. The molecule has 1 aliphatic heterocycles. The first kappa shape index (κ1) is 17.7. The first-order chi connectivity index (χ1) is 12.4. The molecule has 2 amide bonds. The van der Waals surface area contributed by atoms with Crippen LogP contribution < -0.4 is 5.32 Å². The van der Waals surface area contributed by atoms with Gasteiger partial charge in [-0.3, -0.25) is 14.4 Å². The maximum absolute atomic E-state index is 12.4. The zero-order valence-corrected chi connectivity index (χ0v) is 14.3. The SMILES string of the molecule is CC(C(=O)O)c1ccc(NC(=O)C2CC(=O)N(Cc3ccco3)C2)cc1. The lowest BCUT2D eigenvalue weighted by molar-refractivity contribution is -0.138. The summed E-state index contributed by atoms with van der Waals surface area (Å²) in [6.07, 6.45) is 1.72. The van der Waals surface area contributed by atoms with Gasteiger partial charge >= 0.3 is 5.97 Å². The average Bonchev–Trinajstić information content (AvgIpc) is 3.25. The molecule has 1 aromatic carbocycles. The van der Waals surface area contributed by atoms with Crippen molar-refractivity contribution in [3.05, 3.63) is 54.0 Å². The van der Waals surface area contributed by atoms with E-state index in [-0.39, 0.29) is 18.2 Å². The number of carboxylic acids is 1. The second kappa shape index (κ2) is 7.43. The highest BCUT2D eigenvalue weighted by Crippen LogP contribution is 2.23. The highest BCUT2D eigenvalue weighted by Gasteiger charge is 2.34. The summed E-state index contributed by atoms with van der Waals surface area (Å²) in [4.78, 5) is 37.1. The van der Waals surface area contributed by atoms with Crippen LogP contribution in [0.15, 0.2) is 47.1 Å². The number of likely N-dealkylation sites (tertiary alicyclic amines) is 1. The molecule has 1 aliphatic rings. The first-order valence-corrected chi connectivity index (χ1v) is 8.38. The Hall–Kier alpha value is -3.09. The van der Waals surface area contributed by atoms with Gasteiger partial charge in [-0.05, 0) is 36.8 Å². The van der Waals surface area contributed by atoms with Crippen LogP contribution in [0.4, 0.5) is 5.69 Å². The third kappa shape index (κ3) is 3.93. The molecule has 136 valence electrons. The van der Waals surface area contributed by atoms with Crippen molar-refractivity contribution in [3.8, 4) is 0 Å². The molecule has 0 radical (unpaired) electrons. The maximum Gasteiger partial charge on any atom is 0.310 e. The van der Waals surface area contributed by atoms with Gasteiger partial charge in [0.25, 0.3) is 0 Å². The zero-order chi connectivity index (χ0) is 18.7. The third-order valence-corrected chi connectivity index (χ3v) is 4.56. The number of rotatable bonds is 6. The number of anilines is 1. The van der Waals surface area contributed by atoms with Gasteiger partial charge in [0.1, 0.15) is 5.76 Å². The second-order valence-corrected chi connectivity index (χ2v) is 6.43. The van der Waals surface area contributed by atoms with Crippen molar-refractivity contribution in [1.82, 2.24) is 4.90 Å². The molecular formula is C19H20N2O5. The molecule has 1 saturated heterocycles. The minimum Gasteiger partial charge on any atom is -0.481 e. The van der Waals surface area contributed by atoms with E-state index in [0.29, 0.717) is 30.1 Å². The summed E-state index contributed by atoms with van der Waals surface area (Å²) >= 11 is 0. The molecule has 0 bridgehead atoms. The summed E-state index contributed by atoms with van der Waals surface area (Å²) in [5, 5.41) is 11.8. The fourth-order valence-corrected chi connectivity index (χ4v) is 2.93. The molecular weight excluding hydrogens is 336 g/mol. The second-order valence-electron chi connectivity index (χ2n) is 6.43. The Bertz CT molecular complexity index is 798. The maximum atomic E-state index is 12.4. The summed E-state index contributed by atoms with van der Waals surface area (Å²) in [6.45, 7) is 2.31.